The van der Waals surface area contributed by atoms with Gasteiger partial charge in [-0.05, 0) is 32.6 Å². The largest absolute Gasteiger partial charge is 0.308 e. The van der Waals surface area contributed by atoms with Gasteiger partial charge < -0.3 is 5.32 Å². The average molecular weight is 223 g/mol. The van der Waals surface area contributed by atoms with Crippen LogP contribution in [0.5, 0.6) is 0 Å². The first kappa shape index (κ1) is 11.6. The van der Waals surface area contributed by atoms with Gasteiger partial charge in [0.15, 0.2) is 0 Å². The lowest BCUT2D eigenvalue weighted by Gasteiger charge is -2.28. The van der Waals surface area contributed by atoms with E-state index < -0.39 is 0 Å². The molecule has 0 spiro atoms. The molecule has 4 heteroatoms. The molecule has 1 fully saturated rings. The SMILES string of the molecule is Cc1nonc1CN[C@H](C)C1CCCCC1. The van der Waals surface area contributed by atoms with E-state index in [1.54, 1.807) is 0 Å². The van der Waals surface area contributed by atoms with Crippen molar-refractivity contribution < 1.29 is 4.63 Å². The highest BCUT2D eigenvalue weighted by Gasteiger charge is 2.20. The van der Waals surface area contributed by atoms with Crippen molar-refractivity contribution in [2.45, 2.75) is 58.5 Å². The van der Waals surface area contributed by atoms with Crippen LogP contribution in [0.2, 0.25) is 0 Å². The van der Waals surface area contributed by atoms with Crippen molar-refractivity contribution in [3.63, 3.8) is 0 Å². The van der Waals surface area contributed by atoms with Crippen molar-refractivity contribution in [1.82, 2.24) is 15.6 Å². The van der Waals surface area contributed by atoms with E-state index in [0.29, 0.717) is 6.04 Å². The minimum atomic E-state index is 0.566. The van der Waals surface area contributed by atoms with E-state index in [-0.39, 0.29) is 0 Å². The Hall–Kier alpha value is -0.900. The molecule has 1 aliphatic rings. The van der Waals surface area contributed by atoms with Crippen LogP contribution >= 0.6 is 0 Å². The molecule has 90 valence electrons. The molecule has 1 aliphatic carbocycles. The van der Waals surface area contributed by atoms with Crippen LogP contribution in [0.15, 0.2) is 4.63 Å². The van der Waals surface area contributed by atoms with Gasteiger partial charge in [0.05, 0.1) is 0 Å². The molecule has 1 saturated carbocycles. The molecule has 1 aromatic heterocycles. The Balaban J connectivity index is 1.78. The van der Waals surface area contributed by atoms with Crippen LogP contribution in [-0.2, 0) is 6.54 Å². The maximum atomic E-state index is 4.68. The summed E-state index contributed by atoms with van der Waals surface area (Å²) in [7, 11) is 0. The predicted octanol–water partition coefficient (Wildman–Crippen LogP) is 2.44. The quantitative estimate of drug-likeness (QED) is 0.851. The van der Waals surface area contributed by atoms with Crippen LogP contribution in [0.4, 0.5) is 0 Å². The fraction of sp³-hybridized carbons (Fsp3) is 0.833. The highest BCUT2D eigenvalue weighted by atomic mass is 16.6. The molecule has 0 unspecified atom stereocenters. The molecule has 0 aromatic carbocycles. The van der Waals surface area contributed by atoms with Crippen LogP contribution in [0.3, 0.4) is 0 Å². The highest BCUT2D eigenvalue weighted by molar-refractivity contribution is 5.04. The molecule has 0 radical (unpaired) electrons. The van der Waals surface area contributed by atoms with Gasteiger partial charge in [-0.1, -0.05) is 29.6 Å². The molecule has 0 bridgehead atoms. The van der Waals surface area contributed by atoms with E-state index in [4.69, 9.17) is 0 Å². The lowest BCUT2D eigenvalue weighted by molar-refractivity contribution is 0.275. The summed E-state index contributed by atoms with van der Waals surface area (Å²) in [6, 6.07) is 0.566. The molecule has 1 aromatic rings. The fourth-order valence-electron chi connectivity index (χ4n) is 2.47. The van der Waals surface area contributed by atoms with Crippen molar-refractivity contribution in [2.75, 3.05) is 0 Å². The highest BCUT2D eigenvalue weighted by Crippen LogP contribution is 2.26. The van der Waals surface area contributed by atoms with Gasteiger partial charge in [0, 0.05) is 12.6 Å². The summed E-state index contributed by atoms with van der Waals surface area (Å²) in [6.07, 6.45) is 6.92. The summed E-state index contributed by atoms with van der Waals surface area (Å²) in [6.45, 7) is 4.98. The summed E-state index contributed by atoms with van der Waals surface area (Å²) in [5.41, 5.74) is 1.83. The number of hydrogen-bond acceptors (Lipinski definition) is 4. The average Bonchev–Trinajstić information content (AvgIpc) is 2.73. The molecule has 0 aliphatic heterocycles. The minimum absolute atomic E-state index is 0.566. The smallest absolute Gasteiger partial charge is 0.121 e. The van der Waals surface area contributed by atoms with E-state index in [2.05, 4.69) is 27.2 Å². The number of aromatic nitrogens is 2. The molecule has 16 heavy (non-hydrogen) atoms. The summed E-state index contributed by atoms with van der Waals surface area (Å²) in [4.78, 5) is 0. The monoisotopic (exact) mass is 223 g/mol. The first-order valence-electron chi connectivity index (χ1n) is 6.29. The second kappa shape index (κ2) is 5.43. The van der Waals surface area contributed by atoms with Crippen molar-refractivity contribution >= 4 is 0 Å². The van der Waals surface area contributed by atoms with Crippen molar-refractivity contribution in [3.8, 4) is 0 Å². The molecule has 0 saturated heterocycles. The Bertz CT molecular complexity index is 318. The van der Waals surface area contributed by atoms with Crippen LogP contribution in [0.1, 0.15) is 50.4 Å². The third-order valence-corrected chi connectivity index (χ3v) is 3.69. The predicted molar refractivity (Wildman–Crippen MR) is 61.9 cm³/mol. The zero-order valence-electron chi connectivity index (χ0n) is 10.2. The van der Waals surface area contributed by atoms with E-state index >= 15 is 0 Å². The topological polar surface area (TPSA) is 51.0 Å². The first-order chi connectivity index (χ1) is 7.77. The lowest BCUT2D eigenvalue weighted by Crippen LogP contribution is -2.34. The second-order valence-electron chi connectivity index (χ2n) is 4.86. The fourth-order valence-corrected chi connectivity index (χ4v) is 2.47. The minimum Gasteiger partial charge on any atom is -0.308 e. The number of nitrogens with one attached hydrogen (secondary N) is 1. The molecule has 4 nitrogen and oxygen atoms in total. The van der Waals surface area contributed by atoms with E-state index in [0.717, 1.165) is 23.9 Å². The standard InChI is InChI=1S/C12H21N3O/c1-9(11-6-4-3-5-7-11)13-8-12-10(2)14-16-15-12/h9,11,13H,3-8H2,1-2H3/t9-/m1/s1. The number of aryl methyl sites for hydroxylation is 1. The molecule has 1 atom stereocenters. The van der Waals surface area contributed by atoms with Gasteiger partial charge in [-0.25, -0.2) is 4.63 Å². The first-order valence-corrected chi connectivity index (χ1v) is 6.29. The summed E-state index contributed by atoms with van der Waals surface area (Å²) >= 11 is 0. The van der Waals surface area contributed by atoms with Crippen molar-refractivity contribution in [3.05, 3.63) is 11.4 Å². The van der Waals surface area contributed by atoms with Crippen LogP contribution < -0.4 is 5.32 Å². The van der Waals surface area contributed by atoms with Crippen molar-refractivity contribution in [1.29, 1.82) is 0 Å². The van der Waals surface area contributed by atoms with E-state index in [1.807, 2.05) is 6.92 Å². The van der Waals surface area contributed by atoms with E-state index in [1.165, 1.54) is 32.1 Å². The number of rotatable bonds is 4. The van der Waals surface area contributed by atoms with Gasteiger partial charge in [0.2, 0.25) is 0 Å². The Morgan fingerprint density at radius 2 is 2.06 bits per heavy atom. The van der Waals surface area contributed by atoms with Crippen LogP contribution in [0.25, 0.3) is 0 Å². The number of nitrogens with zero attached hydrogens (tertiary/aromatic N) is 2. The third kappa shape index (κ3) is 2.82. The van der Waals surface area contributed by atoms with Gasteiger partial charge in [-0.15, -0.1) is 0 Å². The molecule has 2 rings (SSSR count). The molecule has 0 amide bonds. The number of hydrogen-bond donors (Lipinski definition) is 1. The summed E-state index contributed by atoms with van der Waals surface area (Å²) < 4.78 is 4.68. The normalized spacial score (nSPS) is 19.9. The van der Waals surface area contributed by atoms with Crippen molar-refractivity contribution in [2.24, 2.45) is 5.92 Å². The third-order valence-electron chi connectivity index (χ3n) is 3.69. The lowest BCUT2D eigenvalue weighted by atomic mass is 9.84. The Kier molecular flexibility index (Phi) is 3.93. The van der Waals surface area contributed by atoms with Gasteiger partial charge in [-0.2, -0.15) is 0 Å². The zero-order chi connectivity index (χ0) is 11.4. The van der Waals surface area contributed by atoms with Gasteiger partial charge >= 0.3 is 0 Å². The summed E-state index contributed by atoms with van der Waals surface area (Å²) in [5, 5.41) is 11.2. The molecule has 1 heterocycles. The molecular weight excluding hydrogens is 202 g/mol. The maximum Gasteiger partial charge on any atom is 0.121 e. The Labute approximate surface area is 96.8 Å². The zero-order valence-corrected chi connectivity index (χ0v) is 10.2. The van der Waals surface area contributed by atoms with Crippen LogP contribution in [-0.4, -0.2) is 16.4 Å². The van der Waals surface area contributed by atoms with Gasteiger partial charge in [0.25, 0.3) is 0 Å². The maximum absolute atomic E-state index is 4.68. The Morgan fingerprint density at radius 1 is 1.31 bits per heavy atom. The van der Waals surface area contributed by atoms with Gasteiger partial charge in [0.1, 0.15) is 11.4 Å². The molecule has 1 N–H and O–H groups in total. The van der Waals surface area contributed by atoms with E-state index in [9.17, 15) is 0 Å². The Morgan fingerprint density at radius 3 is 2.69 bits per heavy atom. The second-order valence-corrected chi connectivity index (χ2v) is 4.86. The van der Waals surface area contributed by atoms with Crippen LogP contribution in [0, 0.1) is 12.8 Å². The van der Waals surface area contributed by atoms with Gasteiger partial charge in [-0.3, -0.25) is 0 Å². The molecular formula is C12H21N3O. The summed E-state index contributed by atoms with van der Waals surface area (Å²) in [5.74, 6) is 0.828.